The number of oxazole rings is 1. The first-order valence-corrected chi connectivity index (χ1v) is 18.4. The highest BCUT2D eigenvalue weighted by molar-refractivity contribution is 6.06. The van der Waals surface area contributed by atoms with E-state index >= 15 is 0 Å². The van der Waals surface area contributed by atoms with E-state index in [-0.39, 0.29) is 0 Å². The quantitative estimate of drug-likeness (QED) is 0.181. The Balaban J connectivity index is 1.05. The molecule has 2 aromatic heterocycles. The summed E-state index contributed by atoms with van der Waals surface area (Å²) < 4.78 is 6.40. The van der Waals surface area contributed by atoms with E-state index in [1.54, 1.807) is 0 Å². The fourth-order valence-electron chi connectivity index (χ4n) is 8.84. The molecule has 0 N–H and O–H groups in total. The molecule has 0 spiro atoms. The number of fused-ring (bicyclic) bond motifs is 6. The Kier molecular flexibility index (Phi) is 6.77. The summed E-state index contributed by atoms with van der Waals surface area (Å²) in [5, 5.41) is 3.46. The van der Waals surface area contributed by atoms with Crippen LogP contribution in [-0.2, 0) is 5.41 Å². The fourth-order valence-corrected chi connectivity index (χ4v) is 8.84. The Morgan fingerprint density at radius 1 is 0.407 bits per heavy atom. The van der Waals surface area contributed by atoms with Gasteiger partial charge in [0.15, 0.2) is 5.58 Å². The number of pyridine rings is 1. The Bertz CT molecular complexity index is 3010. The minimum atomic E-state index is -0.449. The topological polar surface area (TPSA) is 38.9 Å². The molecule has 252 valence electrons. The van der Waals surface area contributed by atoms with Crippen LogP contribution in [0.2, 0.25) is 0 Å². The molecular weight excluding hydrogens is 657 g/mol. The summed E-state index contributed by atoms with van der Waals surface area (Å²) in [7, 11) is 0. The lowest BCUT2D eigenvalue weighted by molar-refractivity contribution is 0.620. The van der Waals surface area contributed by atoms with Gasteiger partial charge in [-0.2, -0.15) is 0 Å². The Morgan fingerprint density at radius 3 is 1.76 bits per heavy atom. The molecule has 0 saturated heterocycles. The first-order valence-electron chi connectivity index (χ1n) is 18.4. The van der Waals surface area contributed by atoms with Gasteiger partial charge in [0, 0.05) is 17.1 Å². The monoisotopic (exact) mass is 688 g/mol. The van der Waals surface area contributed by atoms with E-state index < -0.39 is 5.41 Å². The lowest BCUT2D eigenvalue weighted by Gasteiger charge is -2.34. The van der Waals surface area contributed by atoms with Gasteiger partial charge >= 0.3 is 0 Å². The van der Waals surface area contributed by atoms with E-state index in [0.717, 1.165) is 38.7 Å². The van der Waals surface area contributed by atoms with Crippen LogP contribution < -0.4 is 0 Å². The second-order valence-electron chi connectivity index (χ2n) is 14.1. The van der Waals surface area contributed by atoms with Crippen molar-refractivity contribution < 1.29 is 4.42 Å². The molecule has 0 saturated carbocycles. The van der Waals surface area contributed by atoms with Gasteiger partial charge in [0.2, 0.25) is 5.89 Å². The predicted octanol–water partition coefficient (Wildman–Crippen LogP) is 12.9. The summed E-state index contributed by atoms with van der Waals surface area (Å²) in [6.45, 7) is 0. The van der Waals surface area contributed by atoms with Crippen LogP contribution in [0.5, 0.6) is 0 Å². The number of hydrogen-bond acceptors (Lipinski definition) is 3. The zero-order valence-corrected chi connectivity index (χ0v) is 29.3. The normalized spacial score (nSPS) is 13.0. The van der Waals surface area contributed by atoms with E-state index in [4.69, 9.17) is 9.40 Å². The van der Waals surface area contributed by atoms with Gasteiger partial charge in [-0.25, -0.2) is 4.98 Å². The van der Waals surface area contributed by atoms with Crippen molar-refractivity contribution in [1.29, 1.82) is 0 Å². The summed E-state index contributed by atoms with van der Waals surface area (Å²) >= 11 is 0. The molecule has 10 aromatic rings. The van der Waals surface area contributed by atoms with E-state index in [2.05, 4.69) is 175 Å². The molecule has 0 bridgehead atoms. The van der Waals surface area contributed by atoms with Gasteiger partial charge in [-0.1, -0.05) is 146 Å². The molecule has 2 heterocycles. The zero-order valence-electron chi connectivity index (χ0n) is 29.3. The van der Waals surface area contributed by atoms with E-state index in [0.29, 0.717) is 5.89 Å². The van der Waals surface area contributed by atoms with Crippen LogP contribution in [0.25, 0.3) is 77.6 Å². The highest BCUT2D eigenvalue weighted by atomic mass is 16.3. The molecule has 1 aliphatic carbocycles. The summed E-state index contributed by atoms with van der Waals surface area (Å²) in [5.74, 6) is 0.606. The van der Waals surface area contributed by atoms with E-state index in [1.807, 2.05) is 24.4 Å². The van der Waals surface area contributed by atoms with Crippen molar-refractivity contribution in [3.05, 3.63) is 217 Å². The Labute approximate surface area is 312 Å². The lowest BCUT2D eigenvalue weighted by atomic mass is 9.67. The highest BCUT2D eigenvalue weighted by Gasteiger charge is 2.46. The summed E-state index contributed by atoms with van der Waals surface area (Å²) in [4.78, 5) is 9.31. The van der Waals surface area contributed by atoms with Gasteiger partial charge in [-0.15, -0.1) is 0 Å². The fraction of sp³-hybridized carbons (Fsp3) is 0.0196. The maximum atomic E-state index is 6.40. The molecule has 54 heavy (non-hydrogen) atoms. The summed E-state index contributed by atoms with van der Waals surface area (Å²) in [6.07, 6.45) is 1.81. The molecular formula is C51H32N2O. The molecule has 11 rings (SSSR count). The Morgan fingerprint density at radius 2 is 1.00 bits per heavy atom. The zero-order chi connectivity index (χ0) is 35.6. The maximum Gasteiger partial charge on any atom is 0.227 e. The molecule has 0 fully saturated rings. The number of rotatable bonds is 5. The number of benzene rings is 8. The maximum absolute atomic E-state index is 6.40. The van der Waals surface area contributed by atoms with Gasteiger partial charge in [0.1, 0.15) is 5.52 Å². The van der Waals surface area contributed by atoms with Crippen LogP contribution in [0.1, 0.15) is 22.3 Å². The third-order valence-electron chi connectivity index (χ3n) is 11.2. The van der Waals surface area contributed by atoms with E-state index in [1.165, 1.54) is 55.3 Å². The minimum Gasteiger partial charge on any atom is -0.436 e. The largest absolute Gasteiger partial charge is 0.436 e. The molecule has 3 heteroatoms. The van der Waals surface area contributed by atoms with Crippen molar-refractivity contribution >= 4 is 32.8 Å². The first kappa shape index (κ1) is 30.5. The molecule has 0 radical (unpaired) electrons. The molecule has 0 unspecified atom stereocenters. The molecule has 1 aliphatic rings. The molecule has 0 aliphatic heterocycles. The number of nitrogens with zero attached hydrogens (tertiary/aromatic N) is 2. The molecule has 8 aromatic carbocycles. The number of hydrogen-bond donors (Lipinski definition) is 0. The van der Waals surface area contributed by atoms with Crippen LogP contribution in [0.4, 0.5) is 0 Å². The van der Waals surface area contributed by atoms with Gasteiger partial charge in [0.05, 0.1) is 10.9 Å². The van der Waals surface area contributed by atoms with Crippen LogP contribution in [-0.4, -0.2) is 9.97 Å². The first-order chi connectivity index (χ1) is 26.8. The third kappa shape index (κ3) is 4.55. The second-order valence-corrected chi connectivity index (χ2v) is 14.1. The van der Waals surface area contributed by atoms with Crippen molar-refractivity contribution in [2.75, 3.05) is 0 Å². The highest BCUT2D eigenvalue weighted by Crippen LogP contribution is 2.57. The predicted molar refractivity (Wildman–Crippen MR) is 220 cm³/mol. The summed E-state index contributed by atoms with van der Waals surface area (Å²) in [5.41, 5.74) is 15.4. The standard InChI is InChI=1S/C51H32N2O/c1-3-13-37(14-4-1)51(38-15-5-2-6-16-38)45-20-10-9-19-43(45)44-24-21-33(31-46(44)51)39-25-26-40(42-18-8-7-17-41(39)42)34-22-28-48-49(32-34)54-50(53-48)36-23-27-47-35(30-36)12-11-29-52-47/h1-32H. The molecule has 0 atom stereocenters. The SMILES string of the molecule is c1ccc(C2(c3ccccc3)c3ccccc3-c3ccc(-c4ccc(-c5ccc6nc(-c7ccc8ncccc8c7)oc6c5)c5ccccc45)cc32)cc1. The van der Waals surface area contributed by atoms with Gasteiger partial charge < -0.3 is 4.42 Å². The van der Waals surface area contributed by atoms with Crippen LogP contribution in [0, 0.1) is 0 Å². The minimum absolute atomic E-state index is 0.449. The van der Waals surface area contributed by atoms with Crippen LogP contribution >= 0.6 is 0 Å². The van der Waals surface area contributed by atoms with Crippen LogP contribution in [0.3, 0.4) is 0 Å². The Hall–Kier alpha value is -7.10. The van der Waals surface area contributed by atoms with Crippen LogP contribution in [0.15, 0.2) is 199 Å². The van der Waals surface area contributed by atoms with Crippen molar-refractivity contribution in [3.8, 4) is 44.8 Å². The van der Waals surface area contributed by atoms with Crippen molar-refractivity contribution in [2.24, 2.45) is 0 Å². The van der Waals surface area contributed by atoms with Crippen molar-refractivity contribution in [3.63, 3.8) is 0 Å². The third-order valence-corrected chi connectivity index (χ3v) is 11.2. The smallest absolute Gasteiger partial charge is 0.227 e. The average molecular weight is 689 g/mol. The van der Waals surface area contributed by atoms with E-state index in [9.17, 15) is 0 Å². The van der Waals surface area contributed by atoms with Gasteiger partial charge in [-0.05, 0) is 109 Å². The van der Waals surface area contributed by atoms with Crippen molar-refractivity contribution in [2.45, 2.75) is 5.41 Å². The van der Waals surface area contributed by atoms with Gasteiger partial charge in [-0.3, -0.25) is 4.98 Å². The average Bonchev–Trinajstić information content (AvgIpc) is 3.81. The van der Waals surface area contributed by atoms with Crippen molar-refractivity contribution in [1.82, 2.24) is 9.97 Å². The van der Waals surface area contributed by atoms with Gasteiger partial charge in [0.25, 0.3) is 0 Å². The molecule has 3 nitrogen and oxygen atoms in total. The molecule has 0 amide bonds. The second kappa shape index (κ2) is 12.0. The lowest BCUT2D eigenvalue weighted by Crippen LogP contribution is -2.28. The number of aromatic nitrogens is 2. The summed E-state index contributed by atoms with van der Waals surface area (Å²) in [6, 6.07) is 67.8.